The molecular formula is C15H26S. The van der Waals surface area contributed by atoms with Crippen LogP contribution >= 0.6 is 11.8 Å². The van der Waals surface area contributed by atoms with Crippen LogP contribution in [-0.4, -0.2) is 10.5 Å². The van der Waals surface area contributed by atoms with Crippen molar-refractivity contribution >= 4 is 11.8 Å². The number of thioether (sulfide) groups is 1. The molecule has 0 N–H and O–H groups in total. The molecule has 0 aromatic heterocycles. The minimum atomic E-state index is 0.594. The molecule has 3 fully saturated rings. The molecule has 16 heavy (non-hydrogen) atoms. The molecule has 4 unspecified atom stereocenters. The summed E-state index contributed by atoms with van der Waals surface area (Å²) in [5.41, 5.74) is 1.21. The van der Waals surface area contributed by atoms with Gasteiger partial charge in [-0.2, -0.15) is 11.8 Å². The third-order valence-electron chi connectivity index (χ3n) is 6.68. The summed E-state index contributed by atoms with van der Waals surface area (Å²) in [5, 5.41) is 0. The molecule has 4 atom stereocenters. The lowest BCUT2D eigenvalue weighted by Crippen LogP contribution is -2.47. The van der Waals surface area contributed by atoms with E-state index in [4.69, 9.17) is 0 Å². The normalized spacial score (nSPS) is 54.8. The van der Waals surface area contributed by atoms with E-state index in [9.17, 15) is 0 Å². The van der Waals surface area contributed by atoms with Crippen LogP contribution in [0.1, 0.15) is 59.8 Å². The van der Waals surface area contributed by atoms with Gasteiger partial charge in [0.05, 0.1) is 0 Å². The smallest absolute Gasteiger partial charge is 0.0224 e. The summed E-state index contributed by atoms with van der Waals surface area (Å²) in [6.45, 7) is 10.2. The third-order valence-corrected chi connectivity index (χ3v) is 8.46. The van der Waals surface area contributed by atoms with Gasteiger partial charge in [-0.05, 0) is 60.5 Å². The highest BCUT2D eigenvalue weighted by molar-refractivity contribution is 8.00. The highest BCUT2D eigenvalue weighted by Gasteiger charge is 2.68. The number of hydrogen-bond acceptors (Lipinski definition) is 1. The Morgan fingerprint density at radius 2 is 1.81 bits per heavy atom. The van der Waals surface area contributed by atoms with Crippen molar-refractivity contribution in [3.63, 3.8) is 0 Å². The number of fused-ring (bicyclic) bond motifs is 3. The van der Waals surface area contributed by atoms with Crippen molar-refractivity contribution in [2.24, 2.45) is 22.7 Å². The van der Waals surface area contributed by atoms with E-state index < -0.39 is 0 Å². The summed E-state index contributed by atoms with van der Waals surface area (Å²) in [7, 11) is 0. The Morgan fingerprint density at radius 1 is 1.06 bits per heavy atom. The van der Waals surface area contributed by atoms with Crippen molar-refractivity contribution in [1.29, 1.82) is 0 Å². The SMILES string of the molecule is CC1CCSC2(C1)CC1CCC2(C)C1(C)C. The lowest BCUT2D eigenvalue weighted by molar-refractivity contribution is 0.107. The van der Waals surface area contributed by atoms with Gasteiger partial charge in [0.1, 0.15) is 0 Å². The monoisotopic (exact) mass is 238 g/mol. The van der Waals surface area contributed by atoms with Crippen LogP contribution in [0, 0.1) is 22.7 Å². The van der Waals surface area contributed by atoms with Gasteiger partial charge in [0.2, 0.25) is 0 Å². The first-order chi connectivity index (χ1) is 7.41. The fraction of sp³-hybridized carbons (Fsp3) is 1.00. The molecule has 3 aliphatic rings. The Morgan fingerprint density at radius 3 is 2.31 bits per heavy atom. The molecule has 2 saturated carbocycles. The average molecular weight is 238 g/mol. The summed E-state index contributed by atoms with van der Waals surface area (Å²) in [5.74, 6) is 3.39. The molecule has 1 aliphatic heterocycles. The molecule has 1 heteroatoms. The first kappa shape index (κ1) is 11.4. The molecule has 3 rings (SSSR count). The quantitative estimate of drug-likeness (QED) is 0.587. The van der Waals surface area contributed by atoms with Crippen LogP contribution in [0.5, 0.6) is 0 Å². The molecule has 1 saturated heterocycles. The van der Waals surface area contributed by atoms with E-state index in [0.29, 0.717) is 15.6 Å². The average Bonchev–Trinajstić information content (AvgIpc) is 2.50. The molecule has 2 bridgehead atoms. The summed E-state index contributed by atoms with van der Waals surface area (Å²) < 4.78 is 0.650. The summed E-state index contributed by atoms with van der Waals surface area (Å²) >= 11 is 2.34. The van der Waals surface area contributed by atoms with E-state index in [1.807, 2.05) is 0 Å². The predicted molar refractivity (Wildman–Crippen MR) is 72.8 cm³/mol. The predicted octanol–water partition coefficient (Wildman–Crippen LogP) is 4.73. The zero-order valence-electron chi connectivity index (χ0n) is 11.3. The fourth-order valence-electron chi connectivity index (χ4n) is 5.10. The Kier molecular flexibility index (Phi) is 2.30. The fourth-order valence-corrected chi connectivity index (χ4v) is 7.41. The van der Waals surface area contributed by atoms with Crippen molar-refractivity contribution in [1.82, 2.24) is 0 Å². The molecule has 0 amide bonds. The van der Waals surface area contributed by atoms with Gasteiger partial charge in [-0.25, -0.2) is 0 Å². The molecular weight excluding hydrogens is 212 g/mol. The zero-order valence-corrected chi connectivity index (χ0v) is 12.1. The Bertz CT molecular complexity index is 309. The molecule has 0 nitrogen and oxygen atoms in total. The van der Waals surface area contributed by atoms with Crippen molar-refractivity contribution < 1.29 is 0 Å². The molecule has 0 aromatic rings. The minimum Gasteiger partial charge on any atom is -0.155 e. The van der Waals surface area contributed by atoms with E-state index in [1.165, 1.54) is 37.9 Å². The van der Waals surface area contributed by atoms with Crippen molar-refractivity contribution in [2.75, 3.05) is 5.75 Å². The lowest BCUT2D eigenvalue weighted by atomic mass is 9.64. The standard InChI is InChI=1S/C15H26S/c1-11-6-8-16-15(9-11)10-12-5-7-14(15,4)13(12,2)3/h11-12H,5-10H2,1-4H3. The maximum atomic E-state index is 2.62. The first-order valence-electron chi connectivity index (χ1n) is 7.05. The summed E-state index contributed by atoms with van der Waals surface area (Å²) in [6, 6.07) is 0. The van der Waals surface area contributed by atoms with Crippen LogP contribution in [0.15, 0.2) is 0 Å². The molecule has 0 aromatic carbocycles. The second-order valence-corrected chi connectivity index (χ2v) is 8.91. The second kappa shape index (κ2) is 3.22. The molecule has 2 aliphatic carbocycles. The largest absolute Gasteiger partial charge is 0.155 e. The van der Waals surface area contributed by atoms with Crippen LogP contribution in [-0.2, 0) is 0 Å². The Hall–Kier alpha value is 0.350. The van der Waals surface area contributed by atoms with Crippen molar-refractivity contribution in [3.8, 4) is 0 Å². The van der Waals surface area contributed by atoms with Gasteiger partial charge in [0.25, 0.3) is 0 Å². The summed E-state index contributed by atoms with van der Waals surface area (Å²) in [4.78, 5) is 0. The van der Waals surface area contributed by atoms with Crippen LogP contribution in [0.2, 0.25) is 0 Å². The van der Waals surface area contributed by atoms with Gasteiger partial charge in [-0.15, -0.1) is 0 Å². The van der Waals surface area contributed by atoms with Crippen LogP contribution in [0.3, 0.4) is 0 Å². The lowest BCUT2D eigenvalue weighted by Gasteiger charge is -2.51. The molecule has 1 spiro atoms. The van der Waals surface area contributed by atoms with Gasteiger partial charge in [-0.1, -0.05) is 27.7 Å². The number of hydrogen-bond donors (Lipinski definition) is 0. The molecule has 92 valence electrons. The topological polar surface area (TPSA) is 0 Å². The van der Waals surface area contributed by atoms with Crippen LogP contribution < -0.4 is 0 Å². The van der Waals surface area contributed by atoms with E-state index >= 15 is 0 Å². The van der Waals surface area contributed by atoms with Gasteiger partial charge < -0.3 is 0 Å². The van der Waals surface area contributed by atoms with E-state index in [2.05, 4.69) is 39.5 Å². The second-order valence-electron chi connectivity index (χ2n) is 7.43. The van der Waals surface area contributed by atoms with Crippen molar-refractivity contribution in [3.05, 3.63) is 0 Å². The van der Waals surface area contributed by atoms with Crippen LogP contribution in [0.4, 0.5) is 0 Å². The van der Waals surface area contributed by atoms with E-state index in [0.717, 1.165) is 11.8 Å². The maximum absolute atomic E-state index is 2.62. The van der Waals surface area contributed by atoms with Gasteiger partial charge in [-0.3, -0.25) is 0 Å². The van der Waals surface area contributed by atoms with Crippen LogP contribution in [0.25, 0.3) is 0 Å². The minimum absolute atomic E-state index is 0.594. The number of rotatable bonds is 0. The zero-order chi connectivity index (χ0) is 11.6. The maximum Gasteiger partial charge on any atom is 0.0224 e. The molecule has 0 radical (unpaired) electrons. The van der Waals surface area contributed by atoms with E-state index in [1.54, 1.807) is 0 Å². The molecule has 1 heterocycles. The van der Waals surface area contributed by atoms with Crippen molar-refractivity contribution in [2.45, 2.75) is 64.5 Å². The Labute approximate surface area is 105 Å². The van der Waals surface area contributed by atoms with Gasteiger partial charge >= 0.3 is 0 Å². The first-order valence-corrected chi connectivity index (χ1v) is 8.04. The Balaban J connectivity index is 1.99. The highest BCUT2D eigenvalue weighted by atomic mass is 32.2. The van der Waals surface area contributed by atoms with Gasteiger partial charge in [0.15, 0.2) is 0 Å². The van der Waals surface area contributed by atoms with Gasteiger partial charge in [0, 0.05) is 4.75 Å². The highest BCUT2D eigenvalue weighted by Crippen LogP contribution is 2.75. The van der Waals surface area contributed by atoms with E-state index in [-0.39, 0.29) is 0 Å². The third kappa shape index (κ3) is 1.14. The summed E-state index contributed by atoms with van der Waals surface area (Å²) in [6.07, 6.45) is 7.46.